The summed E-state index contributed by atoms with van der Waals surface area (Å²) in [4.78, 5) is 7.27. The summed E-state index contributed by atoms with van der Waals surface area (Å²) in [6.07, 6.45) is 1.35. The minimum atomic E-state index is 0.361. The predicted molar refractivity (Wildman–Crippen MR) is 79.4 cm³/mol. The Morgan fingerprint density at radius 1 is 1.44 bits per heavy atom. The molecule has 1 aliphatic heterocycles. The van der Waals surface area contributed by atoms with Crippen molar-refractivity contribution in [1.29, 1.82) is 0 Å². The van der Waals surface area contributed by atoms with Crippen molar-refractivity contribution in [1.82, 2.24) is 10.3 Å². The van der Waals surface area contributed by atoms with Crippen molar-refractivity contribution in [3.63, 3.8) is 0 Å². The lowest BCUT2D eigenvalue weighted by atomic mass is 9.92. The first kappa shape index (κ1) is 13.8. The van der Waals surface area contributed by atoms with Gasteiger partial charge >= 0.3 is 0 Å². The summed E-state index contributed by atoms with van der Waals surface area (Å²) >= 11 is 1.79. The number of nitrogens with one attached hydrogen (secondary N) is 1. The van der Waals surface area contributed by atoms with Crippen LogP contribution in [0.1, 0.15) is 45.9 Å². The highest BCUT2D eigenvalue weighted by molar-refractivity contribution is 7.13. The van der Waals surface area contributed by atoms with E-state index in [0.717, 1.165) is 31.5 Å². The molecule has 1 saturated heterocycles. The molecule has 1 aliphatic rings. The molecule has 3 atom stereocenters. The second kappa shape index (κ2) is 6.02. The maximum Gasteiger partial charge on any atom is 0.185 e. The van der Waals surface area contributed by atoms with Gasteiger partial charge in [-0.1, -0.05) is 20.8 Å². The fourth-order valence-electron chi connectivity index (χ4n) is 2.85. The van der Waals surface area contributed by atoms with Crippen LogP contribution in [0.3, 0.4) is 0 Å². The molecule has 2 rings (SSSR count). The van der Waals surface area contributed by atoms with Gasteiger partial charge in [-0.05, 0) is 31.7 Å². The highest BCUT2D eigenvalue weighted by Gasteiger charge is 2.24. The van der Waals surface area contributed by atoms with Gasteiger partial charge in [-0.15, -0.1) is 11.3 Å². The fourth-order valence-corrected chi connectivity index (χ4v) is 3.79. The number of rotatable bonds is 4. The van der Waals surface area contributed by atoms with E-state index in [4.69, 9.17) is 4.98 Å². The number of nitrogens with zero attached hydrogens (tertiary/aromatic N) is 2. The monoisotopic (exact) mass is 267 g/mol. The number of hydrogen-bond acceptors (Lipinski definition) is 4. The standard InChI is InChI=1S/C14H25N3S/c1-5-15-12(4)13-9-18-14(16-13)17-7-10(2)6-11(3)8-17/h9-12,15H,5-8H2,1-4H3. The first-order valence-electron chi connectivity index (χ1n) is 7.03. The Kier molecular flexibility index (Phi) is 4.62. The number of hydrogen-bond donors (Lipinski definition) is 1. The topological polar surface area (TPSA) is 28.2 Å². The molecule has 1 aromatic heterocycles. The lowest BCUT2D eigenvalue weighted by molar-refractivity contribution is 0.356. The molecule has 0 bridgehead atoms. The van der Waals surface area contributed by atoms with Gasteiger partial charge in [0.25, 0.3) is 0 Å². The molecule has 1 aromatic rings. The summed E-state index contributed by atoms with van der Waals surface area (Å²) in [6.45, 7) is 12.3. The molecule has 0 radical (unpaired) electrons. The van der Waals surface area contributed by atoms with E-state index in [0.29, 0.717) is 6.04 Å². The van der Waals surface area contributed by atoms with Crippen LogP contribution in [0.5, 0.6) is 0 Å². The van der Waals surface area contributed by atoms with E-state index in [-0.39, 0.29) is 0 Å². The smallest absolute Gasteiger partial charge is 0.185 e. The minimum absolute atomic E-state index is 0.361. The van der Waals surface area contributed by atoms with Crippen molar-refractivity contribution in [2.24, 2.45) is 11.8 Å². The third kappa shape index (κ3) is 3.23. The molecule has 0 aliphatic carbocycles. The Morgan fingerprint density at radius 3 is 2.72 bits per heavy atom. The van der Waals surface area contributed by atoms with Crippen LogP contribution >= 0.6 is 11.3 Å². The van der Waals surface area contributed by atoms with Crippen molar-refractivity contribution >= 4 is 16.5 Å². The molecule has 102 valence electrons. The van der Waals surface area contributed by atoms with Gasteiger partial charge in [0.2, 0.25) is 0 Å². The molecule has 0 amide bonds. The van der Waals surface area contributed by atoms with Crippen LogP contribution in [0.25, 0.3) is 0 Å². The Morgan fingerprint density at radius 2 is 2.11 bits per heavy atom. The van der Waals surface area contributed by atoms with Crippen LogP contribution < -0.4 is 10.2 Å². The largest absolute Gasteiger partial charge is 0.348 e. The second-order valence-electron chi connectivity index (χ2n) is 5.69. The van der Waals surface area contributed by atoms with Gasteiger partial charge in [0, 0.05) is 24.5 Å². The summed E-state index contributed by atoms with van der Waals surface area (Å²) in [5.74, 6) is 1.57. The summed E-state index contributed by atoms with van der Waals surface area (Å²) in [6, 6.07) is 0.361. The van der Waals surface area contributed by atoms with E-state index in [2.05, 4.69) is 43.3 Å². The number of anilines is 1. The van der Waals surface area contributed by atoms with Crippen LogP contribution in [-0.4, -0.2) is 24.6 Å². The molecule has 0 saturated carbocycles. The molecular formula is C14H25N3S. The average molecular weight is 267 g/mol. The number of aromatic nitrogens is 1. The SMILES string of the molecule is CCNC(C)c1csc(N2CC(C)CC(C)C2)n1. The van der Waals surface area contributed by atoms with Crippen molar-refractivity contribution < 1.29 is 0 Å². The molecule has 2 heterocycles. The molecule has 1 N–H and O–H groups in total. The molecule has 0 aromatic carbocycles. The maximum atomic E-state index is 4.80. The Bertz CT molecular complexity index is 367. The minimum Gasteiger partial charge on any atom is -0.348 e. The Labute approximate surface area is 115 Å². The van der Waals surface area contributed by atoms with Crippen LogP contribution in [0, 0.1) is 11.8 Å². The lowest BCUT2D eigenvalue weighted by Gasteiger charge is -2.34. The van der Waals surface area contributed by atoms with Crippen LogP contribution in [-0.2, 0) is 0 Å². The third-order valence-corrected chi connectivity index (χ3v) is 4.52. The Hall–Kier alpha value is -0.610. The quantitative estimate of drug-likeness (QED) is 0.907. The summed E-state index contributed by atoms with van der Waals surface area (Å²) < 4.78 is 0. The van der Waals surface area contributed by atoms with Crippen molar-refractivity contribution in [3.05, 3.63) is 11.1 Å². The first-order valence-corrected chi connectivity index (χ1v) is 7.91. The van der Waals surface area contributed by atoms with Gasteiger partial charge in [0.15, 0.2) is 5.13 Å². The zero-order valence-electron chi connectivity index (χ0n) is 11.9. The van der Waals surface area contributed by atoms with Gasteiger partial charge in [-0.25, -0.2) is 4.98 Å². The van der Waals surface area contributed by atoms with Gasteiger partial charge in [0.1, 0.15) is 0 Å². The molecular weight excluding hydrogens is 242 g/mol. The fraction of sp³-hybridized carbons (Fsp3) is 0.786. The summed E-state index contributed by atoms with van der Waals surface area (Å²) in [7, 11) is 0. The highest BCUT2D eigenvalue weighted by atomic mass is 32.1. The van der Waals surface area contributed by atoms with Crippen molar-refractivity contribution in [2.75, 3.05) is 24.5 Å². The molecule has 1 fully saturated rings. The van der Waals surface area contributed by atoms with E-state index < -0.39 is 0 Å². The summed E-state index contributed by atoms with van der Waals surface area (Å²) in [5.41, 5.74) is 1.18. The van der Waals surface area contributed by atoms with Crippen LogP contribution in [0.4, 0.5) is 5.13 Å². The maximum absolute atomic E-state index is 4.80. The predicted octanol–water partition coefficient (Wildman–Crippen LogP) is 3.30. The molecule has 0 spiro atoms. The van der Waals surface area contributed by atoms with Gasteiger partial charge in [-0.2, -0.15) is 0 Å². The number of thiazole rings is 1. The van der Waals surface area contributed by atoms with Gasteiger partial charge in [-0.3, -0.25) is 0 Å². The lowest BCUT2D eigenvalue weighted by Crippen LogP contribution is -2.38. The second-order valence-corrected chi connectivity index (χ2v) is 6.52. The number of piperidine rings is 1. The van der Waals surface area contributed by atoms with Crippen molar-refractivity contribution in [2.45, 2.75) is 40.2 Å². The van der Waals surface area contributed by atoms with Gasteiger partial charge in [0.05, 0.1) is 5.69 Å². The van der Waals surface area contributed by atoms with Gasteiger partial charge < -0.3 is 10.2 Å². The zero-order valence-corrected chi connectivity index (χ0v) is 12.8. The molecule has 3 nitrogen and oxygen atoms in total. The highest BCUT2D eigenvalue weighted by Crippen LogP contribution is 2.29. The Balaban J connectivity index is 2.05. The molecule has 4 heteroatoms. The molecule has 3 unspecified atom stereocenters. The van der Waals surface area contributed by atoms with E-state index in [9.17, 15) is 0 Å². The molecule has 18 heavy (non-hydrogen) atoms. The third-order valence-electron chi connectivity index (χ3n) is 3.60. The first-order chi connectivity index (χ1) is 8.60. The van der Waals surface area contributed by atoms with Crippen molar-refractivity contribution in [3.8, 4) is 0 Å². The average Bonchev–Trinajstić information content (AvgIpc) is 2.77. The summed E-state index contributed by atoms with van der Waals surface area (Å²) in [5, 5.41) is 6.82. The van der Waals surface area contributed by atoms with E-state index in [1.807, 2.05) is 0 Å². The normalized spacial score (nSPS) is 26.3. The van der Waals surface area contributed by atoms with E-state index >= 15 is 0 Å². The van der Waals surface area contributed by atoms with E-state index in [1.54, 1.807) is 11.3 Å². The van der Waals surface area contributed by atoms with Crippen LogP contribution in [0.2, 0.25) is 0 Å². The van der Waals surface area contributed by atoms with Crippen LogP contribution in [0.15, 0.2) is 5.38 Å². The van der Waals surface area contributed by atoms with E-state index in [1.165, 1.54) is 17.2 Å². The zero-order chi connectivity index (χ0) is 13.1.